The molecule has 3 aromatic rings. The lowest BCUT2D eigenvalue weighted by Gasteiger charge is -2.11. The van der Waals surface area contributed by atoms with Gasteiger partial charge in [0.25, 0.3) is 0 Å². The first kappa shape index (κ1) is 16.2. The van der Waals surface area contributed by atoms with Crippen molar-refractivity contribution in [2.24, 2.45) is 0 Å². The van der Waals surface area contributed by atoms with E-state index < -0.39 is 0 Å². The fourth-order valence-electron chi connectivity index (χ4n) is 2.34. The van der Waals surface area contributed by atoms with Gasteiger partial charge in [0, 0.05) is 10.9 Å². The molecule has 0 radical (unpaired) electrons. The number of aromatic nitrogens is 2. The van der Waals surface area contributed by atoms with Crippen LogP contribution in [0.15, 0.2) is 48.5 Å². The van der Waals surface area contributed by atoms with Gasteiger partial charge in [0.1, 0.15) is 12.4 Å². The first-order chi connectivity index (χ1) is 11.7. The second-order valence-electron chi connectivity index (χ2n) is 5.05. The maximum absolute atomic E-state index is 11.6. The van der Waals surface area contributed by atoms with E-state index in [9.17, 15) is 4.79 Å². The van der Waals surface area contributed by atoms with E-state index in [0.717, 1.165) is 16.5 Å². The average molecular weight is 342 g/mol. The summed E-state index contributed by atoms with van der Waals surface area (Å²) in [4.78, 5) is 20.7. The number of nitrogens with zero attached hydrogens (tertiary/aromatic N) is 2. The SMILES string of the molecule is CCOC(=O)CNc1nc(-c2ccccc2Cl)nc2ccccc12. The van der Waals surface area contributed by atoms with Crippen LogP contribution >= 0.6 is 11.6 Å². The highest BCUT2D eigenvalue weighted by molar-refractivity contribution is 6.33. The molecule has 0 atom stereocenters. The second kappa shape index (κ2) is 7.27. The smallest absolute Gasteiger partial charge is 0.325 e. The summed E-state index contributed by atoms with van der Waals surface area (Å²) in [5.74, 6) is 0.744. The second-order valence-corrected chi connectivity index (χ2v) is 5.46. The van der Waals surface area contributed by atoms with Crippen LogP contribution in [-0.2, 0) is 9.53 Å². The molecule has 0 bridgehead atoms. The minimum absolute atomic E-state index is 0.0385. The van der Waals surface area contributed by atoms with Crippen LogP contribution in [0.2, 0.25) is 5.02 Å². The van der Waals surface area contributed by atoms with Crippen LogP contribution in [0.4, 0.5) is 5.82 Å². The maximum atomic E-state index is 11.6. The Balaban J connectivity index is 2.03. The molecule has 0 saturated heterocycles. The van der Waals surface area contributed by atoms with Crippen molar-refractivity contribution in [3.63, 3.8) is 0 Å². The number of carbonyl (C=O) groups is 1. The molecule has 0 aliphatic heterocycles. The zero-order valence-electron chi connectivity index (χ0n) is 13.1. The van der Waals surface area contributed by atoms with Gasteiger partial charge in [-0.25, -0.2) is 9.97 Å². The molecule has 5 nitrogen and oxygen atoms in total. The van der Waals surface area contributed by atoms with E-state index in [-0.39, 0.29) is 12.5 Å². The number of carbonyl (C=O) groups excluding carboxylic acids is 1. The lowest BCUT2D eigenvalue weighted by molar-refractivity contribution is -0.140. The predicted molar refractivity (Wildman–Crippen MR) is 95.1 cm³/mol. The number of benzene rings is 2. The van der Waals surface area contributed by atoms with E-state index in [1.165, 1.54) is 0 Å². The van der Waals surface area contributed by atoms with Crippen LogP contribution in [0.3, 0.4) is 0 Å². The standard InChI is InChI=1S/C18H16ClN3O2/c1-2-24-16(23)11-20-17-13-8-4-6-10-15(13)21-18(22-17)12-7-3-5-9-14(12)19/h3-10H,2,11H2,1H3,(H,20,21,22). The number of fused-ring (bicyclic) bond motifs is 1. The molecular formula is C18H16ClN3O2. The van der Waals surface area contributed by atoms with Crippen molar-refractivity contribution in [1.82, 2.24) is 9.97 Å². The van der Waals surface area contributed by atoms with Crippen molar-refractivity contribution in [3.05, 3.63) is 53.6 Å². The van der Waals surface area contributed by atoms with Gasteiger partial charge in [0.15, 0.2) is 5.82 Å². The number of para-hydroxylation sites is 1. The van der Waals surface area contributed by atoms with E-state index in [2.05, 4.69) is 15.3 Å². The Morgan fingerprint density at radius 2 is 1.88 bits per heavy atom. The highest BCUT2D eigenvalue weighted by atomic mass is 35.5. The topological polar surface area (TPSA) is 64.1 Å². The number of hydrogen-bond acceptors (Lipinski definition) is 5. The van der Waals surface area contributed by atoms with Crippen LogP contribution in [0, 0.1) is 0 Å². The number of hydrogen-bond donors (Lipinski definition) is 1. The number of rotatable bonds is 5. The zero-order chi connectivity index (χ0) is 16.9. The van der Waals surface area contributed by atoms with Crippen LogP contribution < -0.4 is 5.32 Å². The zero-order valence-corrected chi connectivity index (χ0v) is 13.9. The Morgan fingerprint density at radius 1 is 1.12 bits per heavy atom. The van der Waals surface area contributed by atoms with Gasteiger partial charge in [-0.15, -0.1) is 0 Å². The highest BCUT2D eigenvalue weighted by Gasteiger charge is 2.12. The summed E-state index contributed by atoms with van der Waals surface area (Å²) in [6.45, 7) is 2.15. The molecule has 0 unspecified atom stereocenters. The molecule has 0 aliphatic rings. The third-order valence-electron chi connectivity index (χ3n) is 3.42. The van der Waals surface area contributed by atoms with Gasteiger partial charge in [0.05, 0.1) is 17.1 Å². The molecule has 122 valence electrons. The van der Waals surface area contributed by atoms with Gasteiger partial charge in [0.2, 0.25) is 0 Å². The molecule has 6 heteroatoms. The quantitative estimate of drug-likeness (QED) is 0.712. The van der Waals surface area contributed by atoms with Gasteiger partial charge in [-0.1, -0.05) is 35.9 Å². The minimum atomic E-state index is -0.334. The van der Waals surface area contributed by atoms with Crippen LogP contribution in [-0.4, -0.2) is 29.1 Å². The molecule has 0 fully saturated rings. The monoisotopic (exact) mass is 341 g/mol. The van der Waals surface area contributed by atoms with Crippen molar-refractivity contribution in [2.75, 3.05) is 18.5 Å². The van der Waals surface area contributed by atoms with E-state index in [0.29, 0.717) is 23.3 Å². The van der Waals surface area contributed by atoms with Crippen molar-refractivity contribution in [3.8, 4) is 11.4 Å². The number of nitrogens with one attached hydrogen (secondary N) is 1. The average Bonchev–Trinajstić information content (AvgIpc) is 2.60. The molecule has 24 heavy (non-hydrogen) atoms. The third-order valence-corrected chi connectivity index (χ3v) is 3.75. The largest absolute Gasteiger partial charge is 0.465 e. The van der Waals surface area contributed by atoms with Crippen molar-refractivity contribution in [2.45, 2.75) is 6.92 Å². The minimum Gasteiger partial charge on any atom is -0.465 e. The van der Waals surface area contributed by atoms with Crippen molar-refractivity contribution < 1.29 is 9.53 Å². The molecular weight excluding hydrogens is 326 g/mol. The normalized spacial score (nSPS) is 10.6. The Labute approximate surface area is 144 Å². The lowest BCUT2D eigenvalue weighted by Crippen LogP contribution is -2.17. The highest BCUT2D eigenvalue weighted by Crippen LogP contribution is 2.29. The Kier molecular flexibility index (Phi) is 4.91. The summed E-state index contributed by atoms with van der Waals surface area (Å²) in [7, 11) is 0. The molecule has 1 aromatic heterocycles. The first-order valence-corrected chi connectivity index (χ1v) is 7.98. The molecule has 0 amide bonds. The molecule has 0 spiro atoms. The summed E-state index contributed by atoms with van der Waals surface area (Å²) in [5, 5.41) is 4.44. The first-order valence-electron chi connectivity index (χ1n) is 7.60. The molecule has 0 saturated carbocycles. The summed E-state index contributed by atoms with van der Waals surface area (Å²) in [6, 6.07) is 15.0. The van der Waals surface area contributed by atoms with Gasteiger partial charge < -0.3 is 10.1 Å². The fraction of sp³-hybridized carbons (Fsp3) is 0.167. The molecule has 3 rings (SSSR count). The predicted octanol–water partition coefficient (Wildman–Crippen LogP) is 3.93. The lowest BCUT2D eigenvalue weighted by atomic mass is 10.2. The summed E-state index contributed by atoms with van der Waals surface area (Å²) < 4.78 is 4.94. The van der Waals surface area contributed by atoms with E-state index in [1.54, 1.807) is 13.0 Å². The van der Waals surface area contributed by atoms with E-state index >= 15 is 0 Å². The summed E-state index contributed by atoms with van der Waals surface area (Å²) >= 11 is 6.26. The molecule has 1 heterocycles. The Morgan fingerprint density at radius 3 is 2.67 bits per heavy atom. The third kappa shape index (κ3) is 3.46. The summed E-state index contributed by atoms with van der Waals surface area (Å²) in [5.41, 5.74) is 1.51. The molecule has 0 aliphatic carbocycles. The van der Waals surface area contributed by atoms with Crippen LogP contribution in [0.25, 0.3) is 22.3 Å². The van der Waals surface area contributed by atoms with E-state index in [4.69, 9.17) is 16.3 Å². The van der Waals surface area contributed by atoms with Crippen molar-refractivity contribution in [1.29, 1.82) is 0 Å². The summed E-state index contributed by atoms with van der Waals surface area (Å²) in [6.07, 6.45) is 0. The van der Waals surface area contributed by atoms with Crippen LogP contribution in [0.1, 0.15) is 6.92 Å². The van der Waals surface area contributed by atoms with E-state index in [1.807, 2.05) is 42.5 Å². The van der Waals surface area contributed by atoms with Gasteiger partial charge >= 0.3 is 5.97 Å². The number of anilines is 1. The van der Waals surface area contributed by atoms with Gasteiger partial charge in [-0.3, -0.25) is 4.79 Å². The molecule has 1 N–H and O–H groups in total. The number of esters is 1. The number of halogens is 1. The maximum Gasteiger partial charge on any atom is 0.325 e. The fourth-order valence-corrected chi connectivity index (χ4v) is 2.56. The number of ether oxygens (including phenoxy) is 1. The Hall–Kier alpha value is -2.66. The van der Waals surface area contributed by atoms with Gasteiger partial charge in [-0.2, -0.15) is 0 Å². The van der Waals surface area contributed by atoms with Crippen molar-refractivity contribution >= 4 is 34.3 Å². The van der Waals surface area contributed by atoms with Gasteiger partial charge in [-0.05, 0) is 31.2 Å². The Bertz CT molecular complexity index is 883. The molecule has 2 aromatic carbocycles. The van der Waals surface area contributed by atoms with Crippen LogP contribution in [0.5, 0.6) is 0 Å².